The smallest absolute Gasteiger partial charge is 0.416 e. The van der Waals surface area contributed by atoms with E-state index < -0.39 is 28.3 Å². The highest BCUT2D eigenvalue weighted by Gasteiger charge is 2.49. The molecule has 41 heavy (non-hydrogen) atoms. The van der Waals surface area contributed by atoms with Crippen LogP contribution in [0.1, 0.15) is 70.4 Å². The number of hydrogen-bond donors (Lipinski definition) is 0. The number of rotatable bonds is 4. The monoisotopic (exact) mass is 568 g/mol. The Morgan fingerprint density at radius 3 is 1.93 bits per heavy atom. The van der Waals surface area contributed by atoms with E-state index in [0.29, 0.717) is 35.6 Å². The minimum atomic E-state index is -4.77. The lowest BCUT2D eigenvalue weighted by molar-refractivity contribution is -0.385. The van der Waals surface area contributed by atoms with Gasteiger partial charge in [-0.2, -0.15) is 13.2 Å². The molecule has 0 saturated carbocycles. The molecule has 7 nitrogen and oxygen atoms in total. The van der Waals surface area contributed by atoms with Crippen LogP contribution in [0.4, 0.5) is 18.9 Å². The molecule has 0 spiro atoms. The first kappa shape index (κ1) is 28.6. The van der Waals surface area contributed by atoms with E-state index in [1.165, 1.54) is 0 Å². The Hall–Kier alpha value is -3.95. The molecule has 216 valence electrons. The van der Waals surface area contributed by atoms with Gasteiger partial charge in [-0.1, -0.05) is 45.9 Å². The summed E-state index contributed by atoms with van der Waals surface area (Å²) in [6, 6.07) is 8.68. The molecule has 10 heteroatoms. The molecule has 0 atom stereocenters. The standard InChI is InChI=1S/C31H31F3N2O5/c1-29(2)13-20-27(22(37)15-29)26(28-21(35(20)5)14-30(3,4)16-23(28)38)18-8-6-7-9-24(18)41-25-11-10-17(31(32,33)34)12-19(25)36(39)40/h6-12,26H,13-16H2,1-5H3. The number of carbonyl (C=O) groups is 2. The molecule has 0 N–H and O–H groups in total. The number of Topliss-reactive ketones (excluding diaryl/α,β-unsaturated/α-hetero) is 2. The van der Waals surface area contributed by atoms with E-state index in [0.717, 1.165) is 23.5 Å². The summed E-state index contributed by atoms with van der Waals surface area (Å²) in [5, 5.41) is 11.7. The molecule has 3 aliphatic rings. The van der Waals surface area contributed by atoms with Gasteiger partial charge in [0.2, 0.25) is 5.75 Å². The Labute approximate surface area is 235 Å². The minimum Gasteiger partial charge on any atom is -0.450 e. The van der Waals surface area contributed by atoms with Gasteiger partial charge in [-0.3, -0.25) is 19.7 Å². The molecule has 5 rings (SSSR count). The summed E-state index contributed by atoms with van der Waals surface area (Å²) in [5.74, 6) is -1.20. The van der Waals surface area contributed by atoms with Crippen LogP contribution < -0.4 is 4.74 Å². The molecule has 0 fully saturated rings. The lowest BCUT2D eigenvalue weighted by Crippen LogP contribution is -2.43. The number of ketones is 2. The minimum absolute atomic E-state index is 0.0902. The lowest BCUT2D eigenvalue weighted by Gasteiger charge is -2.48. The summed E-state index contributed by atoms with van der Waals surface area (Å²) in [6.07, 6.45) is -2.98. The number of para-hydroxylation sites is 1. The van der Waals surface area contributed by atoms with E-state index in [1.54, 1.807) is 24.3 Å². The van der Waals surface area contributed by atoms with E-state index in [4.69, 9.17) is 4.74 Å². The average molecular weight is 569 g/mol. The van der Waals surface area contributed by atoms with Gasteiger partial charge in [0.25, 0.3) is 0 Å². The van der Waals surface area contributed by atoms with E-state index in [1.807, 2.05) is 39.6 Å². The molecule has 2 aromatic rings. The predicted molar refractivity (Wildman–Crippen MR) is 145 cm³/mol. The van der Waals surface area contributed by atoms with Gasteiger partial charge in [-0.25, -0.2) is 0 Å². The molecule has 0 bridgehead atoms. The first-order valence-electron chi connectivity index (χ1n) is 13.4. The third-order valence-electron chi connectivity index (χ3n) is 8.11. The molecule has 0 radical (unpaired) electrons. The molecule has 2 aliphatic carbocycles. The Morgan fingerprint density at radius 1 is 0.878 bits per heavy atom. The maximum atomic E-state index is 13.8. The largest absolute Gasteiger partial charge is 0.450 e. The number of halogens is 3. The molecule has 2 aromatic carbocycles. The number of allylic oxidation sites excluding steroid dienone is 4. The highest BCUT2D eigenvalue weighted by atomic mass is 19.4. The van der Waals surface area contributed by atoms with Gasteiger partial charge in [-0.15, -0.1) is 0 Å². The Balaban J connectivity index is 1.70. The topological polar surface area (TPSA) is 89.8 Å². The van der Waals surface area contributed by atoms with Gasteiger partial charge >= 0.3 is 11.9 Å². The SMILES string of the molecule is CN1C2=C(C(=O)CC(C)(C)C2)C(c2ccccc2Oc2ccc(C(F)(F)F)cc2[N+](=O)[O-])C2=C1CC(C)(C)CC2=O. The zero-order valence-electron chi connectivity index (χ0n) is 23.5. The molecular formula is C31H31F3N2O5. The number of carbonyl (C=O) groups excluding carboxylic acids is 2. The maximum absolute atomic E-state index is 13.8. The van der Waals surface area contributed by atoms with Crippen LogP contribution in [0.3, 0.4) is 0 Å². The normalized spacial score (nSPS) is 20.6. The number of hydrogen-bond acceptors (Lipinski definition) is 6. The van der Waals surface area contributed by atoms with Gasteiger partial charge < -0.3 is 9.64 Å². The van der Waals surface area contributed by atoms with Crippen LogP contribution in [0, 0.1) is 20.9 Å². The van der Waals surface area contributed by atoms with Crippen molar-refractivity contribution in [3.05, 3.63) is 86.2 Å². The van der Waals surface area contributed by atoms with E-state index in [9.17, 15) is 32.9 Å². The summed E-state index contributed by atoms with van der Waals surface area (Å²) >= 11 is 0. The third-order valence-corrected chi connectivity index (χ3v) is 8.11. The fourth-order valence-electron chi connectivity index (χ4n) is 6.33. The van der Waals surface area contributed by atoms with Crippen molar-refractivity contribution in [1.82, 2.24) is 4.90 Å². The first-order valence-corrected chi connectivity index (χ1v) is 13.4. The van der Waals surface area contributed by atoms with Gasteiger partial charge in [0, 0.05) is 60.0 Å². The fraction of sp³-hybridized carbons (Fsp3) is 0.419. The zero-order chi connectivity index (χ0) is 30.1. The summed E-state index contributed by atoms with van der Waals surface area (Å²) < 4.78 is 45.8. The Bertz CT molecular complexity index is 1500. The number of benzene rings is 2. The summed E-state index contributed by atoms with van der Waals surface area (Å²) in [6.45, 7) is 8.10. The average Bonchev–Trinajstić information content (AvgIpc) is 2.84. The van der Waals surface area contributed by atoms with Crippen molar-refractivity contribution >= 4 is 17.3 Å². The Morgan fingerprint density at radius 2 is 1.41 bits per heavy atom. The quantitative estimate of drug-likeness (QED) is 0.277. The van der Waals surface area contributed by atoms with Crippen LogP contribution in [0.25, 0.3) is 0 Å². The van der Waals surface area contributed by atoms with Crippen molar-refractivity contribution in [1.29, 1.82) is 0 Å². The molecular weight excluding hydrogens is 537 g/mol. The van der Waals surface area contributed by atoms with Crippen LogP contribution in [0.15, 0.2) is 65.0 Å². The summed E-state index contributed by atoms with van der Waals surface area (Å²) in [7, 11) is 1.89. The molecule has 0 unspecified atom stereocenters. The second-order valence-corrected chi connectivity index (χ2v) is 12.7. The summed E-state index contributed by atoms with van der Waals surface area (Å²) in [4.78, 5) is 40.4. The van der Waals surface area contributed by atoms with Crippen LogP contribution >= 0.6 is 0 Å². The van der Waals surface area contributed by atoms with Gasteiger partial charge in [-0.05, 0) is 41.9 Å². The second-order valence-electron chi connectivity index (χ2n) is 12.7. The molecule has 0 amide bonds. The second kappa shape index (κ2) is 9.56. The van der Waals surface area contributed by atoms with Crippen molar-refractivity contribution in [2.75, 3.05) is 7.05 Å². The third kappa shape index (κ3) is 5.15. The molecule has 1 aliphatic heterocycles. The van der Waals surface area contributed by atoms with Crippen molar-refractivity contribution in [2.24, 2.45) is 10.8 Å². The van der Waals surface area contributed by atoms with Crippen LogP contribution in [0.2, 0.25) is 0 Å². The van der Waals surface area contributed by atoms with Crippen molar-refractivity contribution in [3.63, 3.8) is 0 Å². The van der Waals surface area contributed by atoms with Crippen molar-refractivity contribution in [3.8, 4) is 11.5 Å². The zero-order valence-corrected chi connectivity index (χ0v) is 23.5. The predicted octanol–water partition coefficient (Wildman–Crippen LogP) is 7.72. The molecule has 1 heterocycles. The van der Waals surface area contributed by atoms with Gasteiger partial charge in [0.05, 0.1) is 10.5 Å². The first-order chi connectivity index (χ1) is 19.0. The Kier molecular flexibility index (Phi) is 6.67. The molecule has 0 saturated heterocycles. The van der Waals surface area contributed by atoms with Crippen molar-refractivity contribution in [2.45, 2.75) is 65.5 Å². The van der Waals surface area contributed by atoms with Crippen LogP contribution in [0.5, 0.6) is 11.5 Å². The maximum Gasteiger partial charge on any atom is 0.416 e. The highest BCUT2D eigenvalue weighted by molar-refractivity contribution is 6.07. The number of ether oxygens (including phenoxy) is 1. The fourth-order valence-corrected chi connectivity index (χ4v) is 6.33. The van der Waals surface area contributed by atoms with Gasteiger partial charge in [0.15, 0.2) is 11.6 Å². The number of nitrogens with zero attached hydrogens (tertiary/aromatic N) is 2. The molecule has 0 aromatic heterocycles. The van der Waals surface area contributed by atoms with E-state index in [-0.39, 0.29) is 46.7 Å². The van der Waals surface area contributed by atoms with Gasteiger partial charge in [0.1, 0.15) is 5.75 Å². The number of nitro groups is 1. The summed E-state index contributed by atoms with van der Waals surface area (Å²) in [5.41, 5.74) is 0.505. The lowest BCUT2D eigenvalue weighted by atomic mass is 9.63. The number of nitro benzene ring substituents is 1. The highest BCUT2D eigenvalue weighted by Crippen LogP contribution is 2.55. The van der Waals surface area contributed by atoms with E-state index >= 15 is 0 Å². The van der Waals surface area contributed by atoms with Crippen LogP contribution in [-0.4, -0.2) is 28.4 Å². The number of alkyl halides is 3. The van der Waals surface area contributed by atoms with E-state index in [2.05, 4.69) is 0 Å². The van der Waals surface area contributed by atoms with Crippen LogP contribution in [-0.2, 0) is 15.8 Å². The van der Waals surface area contributed by atoms with Crippen molar-refractivity contribution < 1.29 is 32.4 Å².